The molecule has 1 aromatic heterocycles. The number of fused-ring (bicyclic) bond motifs is 2. The first kappa shape index (κ1) is 25.2. The molecule has 3 heteroatoms. The summed E-state index contributed by atoms with van der Waals surface area (Å²) in [6, 6.07) is 24.1. The first-order chi connectivity index (χ1) is 18.0. The molecule has 0 bridgehead atoms. The Morgan fingerprint density at radius 3 is 2.49 bits per heavy atom. The molecule has 0 spiro atoms. The Morgan fingerprint density at radius 1 is 0.946 bits per heavy atom. The van der Waals surface area contributed by atoms with Gasteiger partial charge >= 0.3 is 0 Å². The summed E-state index contributed by atoms with van der Waals surface area (Å²) >= 11 is 0. The Bertz CT molecular complexity index is 1440. The molecule has 0 radical (unpaired) electrons. The maximum Gasteiger partial charge on any atom is 0.217 e. The largest absolute Gasteiger partial charge is 0.481 e. The van der Waals surface area contributed by atoms with Gasteiger partial charge in [0.1, 0.15) is 0 Å². The van der Waals surface area contributed by atoms with Gasteiger partial charge in [0.15, 0.2) is 0 Å². The van der Waals surface area contributed by atoms with E-state index in [4.69, 9.17) is 9.72 Å². The summed E-state index contributed by atoms with van der Waals surface area (Å²) in [5.74, 6) is 1.69. The highest BCUT2D eigenvalue weighted by Crippen LogP contribution is 2.37. The molecule has 5 rings (SSSR count). The van der Waals surface area contributed by atoms with Crippen LogP contribution in [-0.2, 0) is 12.8 Å². The van der Waals surface area contributed by atoms with Gasteiger partial charge in [0.2, 0.25) is 5.88 Å². The number of hydrogen-bond acceptors (Lipinski definition) is 3. The van der Waals surface area contributed by atoms with E-state index in [0.29, 0.717) is 11.8 Å². The zero-order valence-electron chi connectivity index (χ0n) is 22.6. The van der Waals surface area contributed by atoms with E-state index in [9.17, 15) is 0 Å². The third-order valence-corrected chi connectivity index (χ3v) is 7.62. The van der Waals surface area contributed by atoms with Crippen molar-refractivity contribution >= 4 is 21.7 Å². The summed E-state index contributed by atoms with van der Waals surface area (Å²) in [6.45, 7) is 3.33. The zero-order valence-corrected chi connectivity index (χ0v) is 22.6. The van der Waals surface area contributed by atoms with E-state index in [2.05, 4.69) is 111 Å². The number of para-hydroxylation sites is 1. The number of rotatable bonds is 9. The normalized spacial score (nSPS) is 16.4. The SMILES string of the molecule is COc1nc2ccccc2c(CC(CCN(C)C)c2cccc3ccccc23)c1CC1=CC(C)CC=C1. The maximum absolute atomic E-state index is 5.95. The number of ether oxygens (including phenoxy) is 1. The van der Waals surface area contributed by atoms with Gasteiger partial charge < -0.3 is 9.64 Å². The van der Waals surface area contributed by atoms with Crippen LogP contribution < -0.4 is 4.74 Å². The first-order valence-electron chi connectivity index (χ1n) is 13.5. The summed E-state index contributed by atoms with van der Waals surface area (Å²) in [6.07, 6.45) is 11.0. The summed E-state index contributed by atoms with van der Waals surface area (Å²) < 4.78 is 5.95. The average Bonchev–Trinajstić information content (AvgIpc) is 2.91. The van der Waals surface area contributed by atoms with E-state index >= 15 is 0 Å². The van der Waals surface area contributed by atoms with Crippen LogP contribution in [0.2, 0.25) is 0 Å². The second-order valence-corrected chi connectivity index (χ2v) is 10.7. The molecule has 1 heterocycles. The van der Waals surface area contributed by atoms with Crippen LogP contribution in [0.1, 0.15) is 42.4 Å². The van der Waals surface area contributed by atoms with Crippen molar-refractivity contribution < 1.29 is 4.74 Å². The van der Waals surface area contributed by atoms with Crippen molar-refractivity contribution in [2.75, 3.05) is 27.7 Å². The summed E-state index contributed by atoms with van der Waals surface area (Å²) in [5.41, 5.74) is 6.37. The Hall–Kier alpha value is -3.43. The molecule has 2 unspecified atom stereocenters. The average molecular weight is 491 g/mol. The second-order valence-electron chi connectivity index (χ2n) is 10.7. The molecule has 0 saturated carbocycles. The fraction of sp³-hybridized carbons (Fsp3) is 0.324. The van der Waals surface area contributed by atoms with Gasteiger partial charge in [-0.05, 0) is 85.3 Å². The number of methoxy groups -OCH3 is 1. The monoisotopic (exact) mass is 490 g/mol. The predicted octanol–water partition coefficient (Wildman–Crippen LogP) is 7.74. The molecule has 0 saturated heterocycles. The highest BCUT2D eigenvalue weighted by molar-refractivity contribution is 5.87. The summed E-state index contributed by atoms with van der Waals surface area (Å²) in [5, 5.41) is 3.90. The van der Waals surface area contributed by atoms with Gasteiger partial charge in [-0.15, -0.1) is 0 Å². The minimum absolute atomic E-state index is 0.373. The Morgan fingerprint density at radius 2 is 1.70 bits per heavy atom. The van der Waals surface area contributed by atoms with Crippen molar-refractivity contribution in [1.82, 2.24) is 9.88 Å². The molecular formula is C34H38N2O. The number of pyridine rings is 1. The molecule has 0 amide bonds. The zero-order chi connectivity index (χ0) is 25.8. The van der Waals surface area contributed by atoms with E-state index in [1.165, 1.54) is 38.4 Å². The minimum Gasteiger partial charge on any atom is -0.481 e. The molecule has 3 aromatic carbocycles. The number of allylic oxidation sites excluding steroid dienone is 4. The first-order valence-corrected chi connectivity index (χ1v) is 13.5. The van der Waals surface area contributed by atoms with E-state index in [1.54, 1.807) is 7.11 Å². The van der Waals surface area contributed by atoms with Crippen LogP contribution in [0.4, 0.5) is 0 Å². The van der Waals surface area contributed by atoms with E-state index < -0.39 is 0 Å². The minimum atomic E-state index is 0.373. The van der Waals surface area contributed by atoms with Gasteiger partial charge in [0.05, 0.1) is 12.6 Å². The predicted molar refractivity (Wildman–Crippen MR) is 157 cm³/mol. The fourth-order valence-electron chi connectivity index (χ4n) is 5.76. The molecule has 1 aliphatic carbocycles. The molecule has 3 nitrogen and oxygen atoms in total. The van der Waals surface area contributed by atoms with Crippen molar-refractivity contribution in [3.8, 4) is 5.88 Å². The van der Waals surface area contributed by atoms with Gasteiger partial charge in [0, 0.05) is 17.4 Å². The third kappa shape index (κ3) is 5.62. The molecule has 4 aromatic rings. The van der Waals surface area contributed by atoms with Crippen molar-refractivity contribution in [1.29, 1.82) is 0 Å². The molecule has 37 heavy (non-hydrogen) atoms. The lowest BCUT2D eigenvalue weighted by Crippen LogP contribution is -2.18. The Labute approximate surface area is 221 Å². The fourth-order valence-corrected chi connectivity index (χ4v) is 5.76. The lowest BCUT2D eigenvalue weighted by Gasteiger charge is -2.25. The van der Waals surface area contributed by atoms with Crippen molar-refractivity contribution in [3.05, 3.63) is 107 Å². The standard InChI is InChI=1S/C34H38N2O/c1-24-11-9-12-25(21-24)22-32-31(30-16-7-8-18-33(30)35-34(32)37-4)23-27(19-20-36(2)3)29-17-10-14-26-13-5-6-15-28(26)29/h5-10,12-18,21,24,27H,11,19-20,22-23H2,1-4H3. The molecule has 0 fully saturated rings. The van der Waals surface area contributed by atoms with E-state index in [1.807, 2.05) is 0 Å². The third-order valence-electron chi connectivity index (χ3n) is 7.62. The molecule has 1 aliphatic rings. The number of benzene rings is 3. The summed E-state index contributed by atoms with van der Waals surface area (Å²) in [4.78, 5) is 7.26. The van der Waals surface area contributed by atoms with Gasteiger partial charge in [-0.1, -0.05) is 85.8 Å². The molecule has 2 atom stereocenters. The summed E-state index contributed by atoms with van der Waals surface area (Å²) in [7, 11) is 6.09. The van der Waals surface area contributed by atoms with Crippen LogP contribution in [0, 0.1) is 5.92 Å². The van der Waals surface area contributed by atoms with Crippen molar-refractivity contribution in [2.45, 2.75) is 38.5 Å². The molecule has 0 N–H and O–H groups in total. The molecular weight excluding hydrogens is 452 g/mol. The number of nitrogens with zero attached hydrogens (tertiary/aromatic N) is 2. The van der Waals surface area contributed by atoms with E-state index in [0.717, 1.165) is 43.6 Å². The van der Waals surface area contributed by atoms with Crippen LogP contribution in [0.25, 0.3) is 21.7 Å². The van der Waals surface area contributed by atoms with Crippen LogP contribution in [-0.4, -0.2) is 37.6 Å². The van der Waals surface area contributed by atoms with Crippen molar-refractivity contribution in [2.24, 2.45) is 5.92 Å². The smallest absolute Gasteiger partial charge is 0.217 e. The van der Waals surface area contributed by atoms with Crippen molar-refractivity contribution in [3.63, 3.8) is 0 Å². The van der Waals surface area contributed by atoms with Crippen LogP contribution >= 0.6 is 0 Å². The molecule has 190 valence electrons. The van der Waals surface area contributed by atoms with Crippen LogP contribution in [0.3, 0.4) is 0 Å². The molecule has 0 aliphatic heterocycles. The van der Waals surface area contributed by atoms with Gasteiger partial charge in [-0.25, -0.2) is 4.98 Å². The van der Waals surface area contributed by atoms with Gasteiger partial charge in [-0.2, -0.15) is 0 Å². The van der Waals surface area contributed by atoms with Gasteiger partial charge in [0.25, 0.3) is 0 Å². The Balaban J connectivity index is 1.66. The second kappa shape index (κ2) is 11.3. The lowest BCUT2D eigenvalue weighted by molar-refractivity contribution is 0.379. The van der Waals surface area contributed by atoms with Crippen LogP contribution in [0.15, 0.2) is 90.5 Å². The lowest BCUT2D eigenvalue weighted by atomic mass is 9.82. The van der Waals surface area contributed by atoms with E-state index in [-0.39, 0.29) is 0 Å². The quantitative estimate of drug-likeness (QED) is 0.240. The van der Waals surface area contributed by atoms with Gasteiger partial charge in [-0.3, -0.25) is 0 Å². The number of aromatic nitrogens is 1. The highest BCUT2D eigenvalue weighted by Gasteiger charge is 2.23. The highest BCUT2D eigenvalue weighted by atomic mass is 16.5. The maximum atomic E-state index is 5.95. The Kier molecular flexibility index (Phi) is 7.71. The van der Waals surface area contributed by atoms with Crippen LogP contribution in [0.5, 0.6) is 5.88 Å². The topological polar surface area (TPSA) is 25.4 Å². The number of hydrogen-bond donors (Lipinski definition) is 0.